The van der Waals surface area contributed by atoms with Gasteiger partial charge in [-0.1, -0.05) is 31.9 Å². The van der Waals surface area contributed by atoms with Gasteiger partial charge in [0.2, 0.25) is 5.95 Å². The smallest absolute Gasteiger partial charge is 0.204 e. The molecule has 2 N–H and O–H groups in total. The van der Waals surface area contributed by atoms with Gasteiger partial charge in [-0.3, -0.25) is 0 Å². The predicted octanol–water partition coefficient (Wildman–Crippen LogP) is 3.59. The van der Waals surface area contributed by atoms with Crippen LogP contribution in [0.25, 0.3) is 11.0 Å². The number of aryl methyl sites for hydroxylation is 1. The van der Waals surface area contributed by atoms with Crippen LogP contribution in [0.3, 0.4) is 0 Å². The second-order valence-electron chi connectivity index (χ2n) is 6.37. The first-order valence-electron chi connectivity index (χ1n) is 7.93. The molecule has 0 amide bonds. The lowest BCUT2D eigenvalue weighted by atomic mass is 10.0. The highest BCUT2D eigenvalue weighted by molar-refractivity contribution is 9.10. The molecule has 6 heteroatoms. The predicted molar refractivity (Wildman–Crippen MR) is 98.1 cm³/mol. The summed E-state index contributed by atoms with van der Waals surface area (Å²) in [5.41, 5.74) is 5.05. The van der Waals surface area contributed by atoms with E-state index in [1.807, 2.05) is 0 Å². The molecule has 4 nitrogen and oxygen atoms in total. The van der Waals surface area contributed by atoms with Gasteiger partial charge in [-0.15, -0.1) is 0 Å². The zero-order chi connectivity index (χ0) is 15.3. The molecule has 0 radical (unpaired) electrons. The minimum absolute atomic E-state index is 0.469. The number of nitrogens with one attached hydrogen (secondary N) is 2. The number of rotatable bonds is 2. The molecule has 0 saturated carbocycles. The summed E-state index contributed by atoms with van der Waals surface area (Å²) >= 11 is 7.50. The molecule has 1 aromatic carbocycles. The quantitative estimate of drug-likeness (QED) is 0.719. The maximum atomic E-state index is 4.95. The second kappa shape index (κ2) is 5.80. The summed E-state index contributed by atoms with van der Waals surface area (Å²) in [6.45, 7) is 5.28. The molecule has 2 aromatic rings. The Hall–Kier alpha value is -0.590. The standard InChI is InChI=1S/C16H20Br2N4/c1-9-13(18)6-10-5-11(17)8-22-15(10)14(9)21-16(22)20-12-3-2-4-19-7-12/h6,11-12,19H,2-5,7-8H2,1H3,(H,20,21)/t11?,12-/m1/s1. The fourth-order valence-corrected chi connectivity index (χ4v) is 4.69. The van der Waals surface area contributed by atoms with E-state index in [2.05, 4.69) is 60.1 Å². The van der Waals surface area contributed by atoms with Crippen LogP contribution in [0, 0.1) is 6.92 Å². The van der Waals surface area contributed by atoms with Crippen LogP contribution in [0.5, 0.6) is 0 Å². The van der Waals surface area contributed by atoms with Crippen LogP contribution in [0.15, 0.2) is 10.5 Å². The van der Waals surface area contributed by atoms with Gasteiger partial charge in [-0.25, -0.2) is 4.98 Å². The van der Waals surface area contributed by atoms with Crippen molar-refractivity contribution in [2.45, 2.75) is 43.6 Å². The van der Waals surface area contributed by atoms with Crippen LogP contribution in [-0.2, 0) is 13.0 Å². The van der Waals surface area contributed by atoms with E-state index >= 15 is 0 Å². The fourth-order valence-electron chi connectivity index (χ4n) is 3.58. The molecule has 1 aromatic heterocycles. The van der Waals surface area contributed by atoms with Crippen molar-refractivity contribution in [2.24, 2.45) is 0 Å². The minimum atomic E-state index is 0.469. The van der Waals surface area contributed by atoms with Crippen molar-refractivity contribution in [3.63, 3.8) is 0 Å². The zero-order valence-electron chi connectivity index (χ0n) is 12.6. The Morgan fingerprint density at radius 1 is 1.45 bits per heavy atom. The summed E-state index contributed by atoms with van der Waals surface area (Å²) in [5.74, 6) is 1.02. The molecular formula is C16H20Br2N4. The summed E-state index contributed by atoms with van der Waals surface area (Å²) in [4.78, 5) is 5.42. The lowest BCUT2D eigenvalue weighted by molar-refractivity contribution is 0.475. The number of alkyl halides is 1. The van der Waals surface area contributed by atoms with Gasteiger partial charge in [0.1, 0.15) is 0 Å². The van der Waals surface area contributed by atoms with Crippen molar-refractivity contribution in [1.29, 1.82) is 0 Å². The lowest BCUT2D eigenvalue weighted by Gasteiger charge is -2.26. The Kier molecular flexibility index (Phi) is 3.95. The molecular weight excluding hydrogens is 408 g/mol. The van der Waals surface area contributed by atoms with E-state index in [1.165, 1.54) is 29.5 Å². The number of imidazole rings is 1. The van der Waals surface area contributed by atoms with Gasteiger partial charge in [0.15, 0.2) is 0 Å². The number of anilines is 1. The van der Waals surface area contributed by atoms with Crippen molar-refractivity contribution in [3.8, 4) is 0 Å². The SMILES string of the molecule is Cc1c(Br)cc2c3c1nc(N[C@@H]1CCCNC1)n3CC(Br)C2. The summed E-state index contributed by atoms with van der Waals surface area (Å²) < 4.78 is 3.52. The monoisotopic (exact) mass is 426 g/mol. The lowest BCUT2D eigenvalue weighted by Crippen LogP contribution is -2.39. The van der Waals surface area contributed by atoms with E-state index in [-0.39, 0.29) is 0 Å². The van der Waals surface area contributed by atoms with Crippen molar-refractivity contribution >= 4 is 48.8 Å². The Bertz CT molecular complexity index is 719. The summed E-state index contributed by atoms with van der Waals surface area (Å²) in [7, 11) is 0. The summed E-state index contributed by atoms with van der Waals surface area (Å²) in [6, 6.07) is 2.74. The van der Waals surface area contributed by atoms with Crippen molar-refractivity contribution < 1.29 is 0 Å². The van der Waals surface area contributed by atoms with Gasteiger partial charge in [-0.05, 0) is 49.9 Å². The van der Waals surface area contributed by atoms with Crippen LogP contribution in [-0.4, -0.2) is 33.5 Å². The van der Waals surface area contributed by atoms with Crippen molar-refractivity contribution in [2.75, 3.05) is 18.4 Å². The fraction of sp³-hybridized carbons (Fsp3) is 0.562. The second-order valence-corrected chi connectivity index (χ2v) is 8.52. The van der Waals surface area contributed by atoms with Gasteiger partial charge >= 0.3 is 0 Å². The maximum absolute atomic E-state index is 4.95. The number of hydrogen-bond acceptors (Lipinski definition) is 3. The molecule has 22 heavy (non-hydrogen) atoms. The first-order chi connectivity index (χ1) is 10.6. The largest absolute Gasteiger partial charge is 0.352 e. The van der Waals surface area contributed by atoms with E-state index < -0.39 is 0 Å². The van der Waals surface area contributed by atoms with Crippen LogP contribution < -0.4 is 10.6 Å². The number of benzene rings is 1. The van der Waals surface area contributed by atoms with Gasteiger partial charge in [-0.2, -0.15) is 0 Å². The first-order valence-corrected chi connectivity index (χ1v) is 9.64. The molecule has 0 spiro atoms. The van der Waals surface area contributed by atoms with E-state index in [9.17, 15) is 0 Å². The Balaban J connectivity index is 1.81. The average molecular weight is 428 g/mol. The highest BCUT2D eigenvalue weighted by Gasteiger charge is 2.26. The van der Waals surface area contributed by atoms with Crippen LogP contribution in [0.4, 0.5) is 5.95 Å². The molecule has 2 atom stereocenters. The first kappa shape index (κ1) is 15.0. The van der Waals surface area contributed by atoms with E-state index in [0.717, 1.165) is 42.0 Å². The summed E-state index contributed by atoms with van der Waals surface area (Å²) in [5, 5.41) is 7.14. The molecule has 2 aliphatic heterocycles. The molecule has 2 aliphatic rings. The van der Waals surface area contributed by atoms with Gasteiger partial charge in [0.25, 0.3) is 0 Å². The normalized spacial score (nSPS) is 24.7. The minimum Gasteiger partial charge on any atom is -0.352 e. The number of piperidine rings is 1. The third-order valence-corrected chi connectivity index (χ3v) is 6.18. The molecule has 1 fully saturated rings. The Morgan fingerprint density at radius 3 is 3.09 bits per heavy atom. The van der Waals surface area contributed by atoms with Crippen LogP contribution in [0.2, 0.25) is 0 Å². The summed E-state index contributed by atoms with van der Waals surface area (Å²) in [6.07, 6.45) is 3.50. The van der Waals surface area contributed by atoms with E-state index in [0.29, 0.717) is 10.9 Å². The van der Waals surface area contributed by atoms with Gasteiger partial charge in [0, 0.05) is 28.4 Å². The topological polar surface area (TPSA) is 41.9 Å². The van der Waals surface area contributed by atoms with Gasteiger partial charge < -0.3 is 15.2 Å². The molecule has 118 valence electrons. The number of aromatic nitrogens is 2. The maximum Gasteiger partial charge on any atom is 0.204 e. The number of hydrogen-bond donors (Lipinski definition) is 2. The molecule has 0 bridgehead atoms. The van der Waals surface area contributed by atoms with Crippen molar-refractivity contribution in [3.05, 3.63) is 21.7 Å². The zero-order valence-corrected chi connectivity index (χ0v) is 15.8. The Labute approximate surface area is 147 Å². The highest BCUT2D eigenvalue weighted by Crippen LogP contribution is 2.36. The van der Waals surface area contributed by atoms with Gasteiger partial charge in [0.05, 0.1) is 11.0 Å². The molecule has 4 rings (SSSR count). The number of halogens is 2. The third-order valence-electron chi connectivity index (χ3n) is 4.74. The van der Waals surface area contributed by atoms with Crippen molar-refractivity contribution in [1.82, 2.24) is 14.9 Å². The average Bonchev–Trinajstić information content (AvgIpc) is 2.85. The molecule has 1 saturated heterocycles. The molecule has 3 heterocycles. The highest BCUT2D eigenvalue weighted by atomic mass is 79.9. The molecule has 1 unspecified atom stereocenters. The molecule has 0 aliphatic carbocycles. The van der Waals surface area contributed by atoms with E-state index in [4.69, 9.17) is 4.98 Å². The van der Waals surface area contributed by atoms with E-state index in [1.54, 1.807) is 0 Å². The van der Waals surface area contributed by atoms with Crippen LogP contribution in [0.1, 0.15) is 24.0 Å². The number of nitrogens with zero attached hydrogens (tertiary/aromatic N) is 2. The third kappa shape index (κ3) is 2.49. The Morgan fingerprint density at radius 2 is 2.32 bits per heavy atom. The van der Waals surface area contributed by atoms with Crippen LogP contribution >= 0.6 is 31.9 Å².